The van der Waals surface area contributed by atoms with Gasteiger partial charge in [-0.1, -0.05) is 6.07 Å². The van der Waals surface area contributed by atoms with E-state index in [2.05, 4.69) is 10.4 Å². The van der Waals surface area contributed by atoms with Crippen LogP contribution in [0.1, 0.15) is 10.4 Å². The van der Waals surface area contributed by atoms with Gasteiger partial charge in [0.1, 0.15) is 18.2 Å². The van der Waals surface area contributed by atoms with Crippen LogP contribution in [0.25, 0.3) is 11.3 Å². The molecule has 0 fully saturated rings. The van der Waals surface area contributed by atoms with Crippen LogP contribution in [0.5, 0.6) is 5.75 Å². The molecule has 3 rings (SSSR count). The lowest BCUT2D eigenvalue weighted by atomic mass is 10.1. The first-order chi connectivity index (χ1) is 12.6. The molecule has 0 atom stereocenters. The van der Waals surface area contributed by atoms with Crippen LogP contribution in [0, 0.1) is 5.82 Å². The van der Waals surface area contributed by atoms with E-state index < -0.39 is 11.7 Å². The van der Waals surface area contributed by atoms with Crippen LogP contribution in [-0.4, -0.2) is 28.8 Å². The quantitative estimate of drug-likeness (QED) is 0.713. The summed E-state index contributed by atoms with van der Waals surface area (Å²) in [4.78, 5) is 12.3. The number of nitrogens with one attached hydrogen (secondary N) is 1. The van der Waals surface area contributed by atoms with Gasteiger partial charge in [0.15, 0.2) is 0 Å². The highest BCUT2D eigenvalue weighted by Crippen LogP contribution is 2.32. The molecule has 3 N–H and O–H groups in total. The lowest BCUT2D eigenvalue weighted by molar-refractivity contribution is 0.102. The van der Waals surface area contributed by atoms with E-state index in [9.17, 15) is 9.18 Å². The summed E-state index contributed by atoms with van der Waals surface area (Å²) in [7, 11) is 1.82. The standard InChI is InChI=1S/C19H19FN4O2/c1-24-17(7-9-22-24)16-12-15(5-6-18(16)26-10-8-21)23-19(25)13-3-2-4-14(20)11-13/h2-7,9,11-12H,8,10,21H2,1H3,(H,23,25). The Morgan fingerprint density at radius 1 is 1.27 bits per heavy atom. The number of ether oxygens (including phenoxy) is 1. The molecule has 134 valence electrons. The summed E-state index contributed by atoms with van der Waals surface area (Å²) in [6.45, 7) is 0.767. The predicted octanol–water partition coefficient (Wildman–Crippen LogP) is 2.82. The molecule has 0 saturated carbocycles. The van der Waals surface area contributed by atoms with Crippen LogP contribution in [0.4, 0.5) is 10.1 Å². The number of anilines is 1. The first-order valence-corrected chi connectivity index (χ1v) is 8.10. The molecular weight excluding hydrogens is 335 g/mol. The van der Waals surface area contributed by atoms with Crippen molar-refractivity contribution in [3.63, 3.8) is 0 Å². The fourth-order valence-corrected chi connectivity index (χ4v) is 2.57. The molecule has 0 bridgehead atoms. The third-order valence-electron chi connectivity index (χ3n) is 3.80. The summed E-state index contributed by atoms with van der Waals surface area (Å²) in [5, 5.41) is 6.94. The normalized spacial score (nSPS) is 10.6. The van der Waals surface area contributed by atoms with E-state index in [1.165, 1.54) is 18.2 Å². The smallest absolute Gasteiger partial charge is 0.255 e. The van der Waals surface area contributed by atoms with E-state index >= 15 is 0 Å². The molecule has 2 aromatic carbocycles. The largest absolute Gasteiger partial charge is 0.492 e. The molecule has 0 aliphatic carbocycles. The summed E-state index contributed by atoms with van der Waals surface area (Å²) < 4.78 is 20.7. The second-order valence-electron chi connectivity index (χ2n) is 5.65. The van der Waals surface area contributed by atoms with Gasteiger partial charge in [0.05, 0.1) is 5.69 Å². The zero-order chi connectivity index (χ0) is 18.5. The van der Waals surface area contributed by atoms with E-state index in [1.54, 1.807) is 35.1 Å². The molecular formula is C19H19FN4O2. The first kappa shape index (κ1) is 17.6. The SMILES string of the molecule is Cn1nccc1-c1cc(NC(=O)c2cccc(F)c2)ccc1OCCN. The highest BCUT2D eigenvalue weighted by molar-refractivity contribution is 6.04. The Kier molecular flexibility index (Phi) is 5.28. The van der Waals surface area contributed by atoms with Gasteiger partial charge in [-0.3, -0.25) is 9.48 Å². The summed E-state index contributed by atoms with van der Waals surface area (Å²) in [6.07, 6.45) is 1.68. The van der Waals surface area contributed by atoms with E-state index in [-0.39, 0.29) is 5.56 Å². The molecule has 26 heavy (non-hydrogen) atoms. The third-order valence-corrected chi connectivity index (χ3v) is 3.80. The Bertz CT molecular complexity index is 923. The third kappa shape index (κ3) is 3.89. The highest BCUT2D eigenvalue weighted by Gasteiger charge is 2.13. The minimum absolute atomic E-state index is 0.246. The van der Waals surface area contributed by atoms with Crippen LogP contribution < -0.4 is 15.8 Å². The summed E-state index contributed by atoms with van der Waals surface area (Å²) in [5.74, 6) is -0.211. The van der Waals surface area contributed by atoms with Crippen molar-refractivity contribution < 1.29 is 13.9 Å². The number of carbonyl (C=O) groups excluding carboxylic acids is 1. The first-order valence-electron chi connectivity index (χ1n) is 8.10. The lowest BCUT2D eigenvalue weighted by Crippen LogP contribution is -2.13. The molecule has 0 unspecified atom stereocenters. The van der Waals surface area contributed by atoms with Crippen molar-refractivity contribution in [2.45, 2.75) is 0 Å². The Balaban J connectivity index is 1.91. The van der Waals surface area contributed by atoms with Crippen LogP contribution in [-0.2, 0) is 7.05 Å². The maximum atomic E-state index is 13.3. The minimum atomic E-state index is -0.459. The minimum Gasteiger partial charge on any atom is -0.492 e. The van der Waals surface area contributed by atoms with Gasteiger partial charge in [-0.15, -0.1) is 0 Å². The van der Waals surface area contributed by atoms with Crippen molar-refractivity contribution in [3.05, 3.63) is 66.1 Å². The number of aryl methyl sites for hydroxylation is 1. The van der Waals surface area contributed by atoms with Gasteiger partial charge in [0, 0.05) is 36.6 Å². The Labute approximate surface area is 150 Å². The fourth-order valence-electron chi connectivity index (χ4n) is 2.57. The molecule has 7 heteroatoms. The number of hydrogen-bond donors (Lipinski definition) is 2. The van der Waals surface area contributed by atoms with Crippen LogP contribution in [0.3, 0.4) is 0 Å². The Morgan fingerprint density at radius 3 is 2.81 bits per heavy atom. The zero-order valence-electron chi connectivity index (χ0n) is 14.3. The average Bonchev–Trinajstić information content (AvgIpc) is 3.06. The molecule has 3 aromatic rings. The monoisotopic (exact) mass is 354 g/mol. The van der Waals surface area contributed by atoms with Crippen molar-refractivity contribution in [2.24, 2.45) is 12.8 Å². The molecule has 1 heterocycles. The zero-order valence-corrected chi connectivity index (χ0v) is 14.3. The van der Waals surface area contributed by atoms with Crippen LogP contribution in [0.2, 0.25) is 0 Å². The second-order valence-corrected chi connectivity index (χ2v) is 5.65. The summed E-state index contributed by atoms with van der Waals surface area (Å²) in [6, 6.07) is 12.7. The van der Waals surface area contributed by atoms with Gasteiger partial charge >= 0.3 is 0 Å². The van der Waals surface area contributed by atoms with Gasteiger partial charge in [-0.2, -0.15) is 5.10 Å². The van der Waals surface area contributed by atoms with Gasteiger partial charge in [0.2, 0.25) is 0 Å². The number of amides is 1. The van der Waals surface area contributed by atoms with Crippen molar-refractivity contribution in [3.8, 4) is 17.0 Å². The molecule has 0 aliphatic rings. The van der Waals surface area contributed by atoms with Gasteiger partial charge < -0.3 is 15.8 Å². The highest BCUT2D eigenvalue weighted by atomic mass is 19.1. The topological polar surface area (TPSA) is 82.2 Å². The summed E-state index contributed by atoms with van der Waals surface area (Å²) in [5.41, 5.74) is 7.93. The molecule has 0 radical (unpaired) electrons. The van der Waals surface area contributed by atoms with Crippen molar-refractivity contribution in [1.29, 1.82) is 0 Å². The molecule has 1 aromatic heterocycles. The number of nitrogens with two attached hydrogens (primary N) is 1. The average molecular weight is 354 g/mol. The molecule has 0 aliphatic heterocycles. The van der Waals surface area contributed by atoms with E-state index in [0.29, 0.717) is 24.6 Å². The maximum absolute atomic E-state index is 13.3. The van der Waals surface area contributed by atoms with Crippen molar-refractivity contribution in [1.82, 2.24) is 9.78 Å². The number of carbonyl (C=O) groups is 1. The number of aromatic nitrogens is 2. The van der Waals surface area contributed by atoms with E-state index in [4.69, 9.17) is 10.5 Å². The molecule has 6 nitrogen and oxygen atoms in total. The number of benzene rings is 2. The van der Waals surface area contributed by atoms with Crippen LogP contribution >= 0.6 is 0 Å². The number of rotatable bonds is 6. The van der Waals surface area contributed by atoms with Crippen LogP contribution in [0.15, 0.2) is 54.7 Å². The fraction of sp³-hybridized carbons (Fsp3) is 0.158. The lowest BCUT2D eigenvalue weighted by Gasteiger charge is -2.14. The molecule has 0 spiro atoms. The van der Waals surface area contributed by atoms with Gasteiger partial charge in [-0.25, -0.2) is 4.39 Å². The second kappa shape index (κ2) is 7.79. The Hall–Kier alpha value is -3.19. The van der Waals surface area contributed by atoms with Gasteiger partial charge in [0.25, 0.3) is 5.91 Å². The molecule has 1 amide bonds. The predicted molar refractivity (Wildman–Crippen MR) is 97.5 cm³/mol. The van der Waals surface area contributed by atoms with E-state index in [0.717, 1.165) is 11.3 Å². The number of halogens is 1. The number of nitrogens with zero attached hydrogens (tertiary/aromatic N) is 2. The number of hydrogen-bond acceptors (Lipinski definition) is 4. The van der Waals surface area contributed by atoms with Crippen molar-refractivity contribution >= 4 is 11.6 Å². The maximum Gasteiger partial charge on any atom is 0.255 e. The van der Waals surface area contributed by atoms with Crippen molar-refractivity contribution in [2.75, 3.05) is 18.5 Å². The summed E-state index contributed by atoms with van der Waals surface area (Å²) >= 11 is 0. The molecule has 0 saturated heterocycles. The van der Waals surface area contributed by atoms with E-state index in [1.807, 2.05) is 13.1 Å². The van der Waals surface area contributed by atoms with Gasteiger partial charge in [-0.05, 0) is 42.5 Å². The Morgan fingerprint density at radius 2 is 2.12 bits per heavy atom.